The molecule has 2 aromatic carbocycles. The molecule has 2 bridgehead atoms. The van der Waals surface area contributed by atoms with Gasteiger partial charge in [-0.3, -0.25) is 14.4 Å². The van der Waals surface area contributed by atoms with Crippen molar-refractivity contribution in [1.82, 2.24) is 0 Å². The first-order valence-electron chi connectivity index (χ1n) is 10.3. The Morgan fingerprint density at radius 1 is 0.933 bits per heavy atom. The van der Waals surface area contributed by atoms with Crippen molar-refractivity contribution in [3.05, 3.63) is 60.2 Å². The molecule has 2 aliphatic carbocycles. The lowest BCUT2D eigenvalue weighted by Gasteiger charge is -2.28. The van der Waals surface area contributed by atoms with Crippen LogP contribution in [-0.4, -0.2) is 31.4 Å². The molecule has 0 heterocycles. The van der Waals surface area contributed by atoms with Crippen LogP contribution in [0.5, 0.6) is 5.75 Å². The number of ether oxygens (including phenoxy) is 2. The average molecular weight is 407 g/mol. The molecule has 156 valence electrons. The van der Waals surface area contributed by atoms with Gasteiger partial charge in [-0.2, -0.15) is 0 Å². The van der Waals surface area contributed by atoms with Crippen LogP contribution in [-0.2, 0) is 14.3 Å². The molecule has 0 aromatic heterocycles. The number of amides is 1. The smallest absolute Gasteiger partial charge is 0.310 e. The second kappa shape index (κ2) is 8.69. The van der Waals surface area contributed by atoms with Gasteiger partial charge in [0.1, 0.15) is 5.75 Å². The topological polar surface area (TPSA) is 81.7 Å². The molecule has 4 rings (SSSR count). The van der Waals surface area contributed by atoms with Crippen molar-refractivity contribution in [2.75, 3.05) is 19.0 Å². The van der Waals surface area contributed by atoms with Crippen LogP contribution in [0.3, 0.4) is 0 Å². The number of Topliss-reactive ketones (excluding diaryl/α,β-unsaturated/α-hetero) is 1. The van der Waals surface area contributed by atoms with Crippen molar-refractivity contribution in [3.8, 4) is 5.75 Å². The number of ketones is 1. The second-order valence-electron chi connectivity index (χ2n) is 8.00. The van der Waals surface area contributed by atoms with E-state index in [-0.39, 0.29) is 30.1 Å². The Bertz CT molecular complexity index is 924. The van der Waals surface area contributed by atoms with Crippen LogP contribution in [0, 0.1) is 23.7 Å². The lowest BCUT2D eigenvalue weighted by Crippen LogP contribution is -2.37. The van der Waals surface area contributed by atoms with Crippen molar-refractivity contribution in [3.63, 3.8) is 0 Å². The summed E-state index contributed by atoms with van der Waals surface area (Å²) in [7, 11) is 1.57. The molecular formula is C24H25NO5. The number of hydrogen-bond donors (Lipinski definition) is 1. The highest BCUT2D eigenvalue weighted by molar-refractivity contribution is 6.01. The predicted molar refractivity (Wildman–Crippen MR) is 111 cm³/mol. The number of rotatable bonds is 7. The van der Waals surface area contributed by atoms with Crippen LogP contribution in [0.1, 0.15) is 29.6 Å². The maximum absolute atomic E-state index is 13.1. The number of hydrogen-bond acceptors (Lipinski definition) is 5. The zero-order chi connectivity index (χ0) is 21.1. The Morgan fingerprint density at radius 3 is 2.27 bits per heavy atom. The number of fused-ring (bicyclic) bond motifs is 2. The summed E-state index contributed by atoms with van der Waals surface area (Å²) in [6, 6.07) is 16.0. The maximum Gasteiger partial charge on any atom is 0.310 e. The fourth-order valence-corrected chi connectivity index (χ4v) is 4.91. The third kappa shape index (κ3) is 4.08. The van der Waals surface area contributed by atoms with Gasteiger partial charge in [-0.1, -0.05) is 30.3 Å². The molecule has 2 aliphatic rings. The number of benzene rings is 2. The van der Waals surface area contributed by atoms with Crippen LogP contribution in [0.4, 0.5) is 5.69 Å². The Labute approximate surface area is 175 Å². The van der Waals surface area contributed by atoms with Gasteiger partial charge in [0.2, 0.25) is 0 Å². The average Bonchev–Trinajstić information content (AvgIpc) is 3.40. The summed E-state index contributed by atoms with van der Waals surface area (Å²) in [6.07, 6.45) is 2.78. The molecule has 0 aliphatic heterocycles. The van der Waals surface area contributed by atoms with E-state index in [2.05, 4.69) is 5.32 Å². The Hall–Kier alpha value is -3.15. The van der Waals surface area contributed by atoms with E-state index < -0.39 is 17.8 Å². The van der Waals surface area contributed by atoms with Crippen LogP contribution < -0.4 is 10.1 Å². The lowest BCUT2D eigenvalue weighted by atomic mass is 9.75. The highest BCUT2D eigenvalue weighted by Gasteiger charge is 2.54. The van der Waals surface area contributed by atoms with E-state index in [0.717, 1.165) is 19.3 Å². The Balaban J connectivity index is 1.38. The monoisotopic (exact) mass is 407 g/mol. The molecule has 2 saturated carbocycles. The van der Waals surface area contributed by atoms with Gasteiger partial charge in [0, 0.05) is 17.2 Å². The van der Waals surface area contributed by atoms with Gasteiger partial charge in [0.05, 0.1) is 13.0 Å². The summed E-state index contributed by atoms with van der Waals surface area (Å²) < 4.78 is 10.4. The van der Waals surface area contributed by atoms with Crippen molar-refractivity contribution in [1.29, 1.82) is 0 Å². The van der Waals surface area contributed by atoms with Crippen LogP contribution in [0.25, 0.3) is 0 Å². The first kappa shape index (κ1) is 20.1. The largest absolute Gasteiger partial charge is 0.497 e. The zero-order valence-electron chi connectivity index (χ0n) is 16.9. The normalized spacial score (nSPS) is 24.3. The van der Waals surface area contributed by atoms with Gasteiger partial charge in [0.25, 0.3) is 5.91 Å². The fourth-order valence-electron chi connectivity index (χ4n) is 4.91. The van der Waals surface area contributed by atoms with Crippen LogP contribution in [0.2, 0.25) is 0 Å². The summed E-state index contributed by atoms with van der Waals surface area (Å²) in [5.41, 5.74) is 1.22. The summed E-state index contributed by atoms with van der Waals surface area (Å²) in [6.45, 7) is -0.370. The van der Waals surface area contributed by atoms with Gasteiger partial charge in [-0.05, 0) is 55.4 Å². The van der Waals surface area contributed by atoms with Gasteiger partial charge < -0.3 is 14.8 Å². The number of carbonyl (C=O) groups is 3. The van der Waals surface area contributed by atoms with Gasteiger partial charge in [-0.25, -0.2) is 0 Å². The third-order valence-electron chi connectivity index (χ3n) is 6.27. The van der Waals surface area contributed by atoms with Crippen LogP contribution in [0.15, 0.2) is 54.6 Å². The molecule has 6 heteroatoms. The van der Waals surface area contributed by atoms with Gasteiger partial charge >= 0.3 is 5.97 Å². The van der Waals surface area contributed by atoms with Crippen molar-refractivity contribution >= 4 is 23.3 Å². The molecular weight excluding hydrogens is 382 g/mol. The Morgan fingerprint density at radius 2 is 1.60 bits per heavy atom. The van der Waals surface area contributed by atoms with Crippen LogP contribution >= 0.6 is 0 Å². The van der Waals surface area contributed by atoms with E-state index in [4.69, 9.17) is 9.47 Å². The summed E-state index contributed by atoms with van der Waals surface area (Å²) in [5, 5.41) is 2.69. The quantitative estimate of drug-likeness (QED) is 0.559. The first-order valence-corrected chi connectivity index (χ1v) is 10.3. The first-order chi connectivity index (χ1) is 14.6. The SMILES string of the molecule is COc1ccc(NC(=O)COC(=O)[C@H]2[C@@H]3CC[C@H](C3)[C@@H]2C(=O)c2ccccc2)cc1. The van der Waals surface area contributed by atoms with E-state index in [1.54, 1.807) is 43.5 Å². The molecule has 0 spiro atoms. The van der Waals surface area contributed by atoms with E-state index in [9.17, 15) is 14.4 Å². The fraction of sp³-hybridized carbons (Fsp3) is 0.375. The van der Waals surface area contributed by atoms with Gasteiger partial charge in [0.15, 0.2) is 12.4 Å². The lowest BCUT2D eigenvalue weighted by molar-refractivity contribution is -0.154. The maximum atomic E-state index is 13.1. The molecule has 4 atom stereocenters. The van der Waals surface area contributed by atoms with E-state index in [1.807, 2.05) is 18.2 Å². The highest BCUT2D eigenvalue weighted by Crippen LogP contribution is 2.53. The molecule has 0 saturated heterocycles. The second-order valence-corrected chi connectivity index (χ2v) is 8.00. The molecule has 2 fully saturated rings. The molecule has 1 N–H and O–H groups in total. The summed E-state index contributed by atoms with van der Waals surface area (Å²) in [5.74, 6) is -0.618. The number of carbonyl (C=O) groups excluding carboxylic acids is 3. The minimum absolute atomic E-state index is 0.00688. The predicted octanol–water partition coefficient (Wildman–Crippen LogP) is 3.72. The van der Waals surface area contributed by atoms with E-state index in [0.29, 0.717) is 17.0 Å². The minimum atomic E-state index is -0.467. The van der Waals surface area contributed by atoms with Crippen molar-refractivity contribution in [2.24, 2.45) is 23.7 Å². The molecule has 0 radical (unpaired) electrons. The molecule has 0 unspecified atom stereocenters. The van der Waals surface area contributed by atoms with Gasteiger partial charge in [-0.15, -0.1) is 0 Å². The van der Waals surface area contributed by atoms with Crippen molar-refractivity contribution < 1.29 is 23.9 Å². The van der Waals surface area contributed by atoms with E-state index in [1.165, 1.54) is 0 Å². The number of esters is 1. The Kier molecular flexibility index (Phi) is 5.84. The summed E-state index contributed by atoms with van der Waals surface area (Å²) in [4.78, 5) is 38.1. The molecule has 30 heavy (non-hydrogen) atoms. The summed E-state index contributed by atoms with van der Waals surface area (Å²) >= 11 is 0. The minimum Gasteiger partial charge on any atom is -0.497 e. The number of methoxy groups -OCH3 is 1. The van der Waals surface area contributed by atoms with E-state index >= 15 is 0 Å². The zero-order valence-corrected chi connectivity index (χ0v) is 16.9. The van der Waals surface area contributed by atoms with Crippen molar-refractivity contribution in [2.45, 2.75) is 19.3 Å². The molecule has 1 amide bonds. The standard InChI is InChI=1S/C24H25NO5/c1-29-19-11-9-18(10-12-19)25-20(26)14-30-24(28)22-17-8-7-16(13-17)21(22)23(27)15-5-3-2-4-6-15/h2-6,9-12,16-17,21-22H,7-8,13-14H2,1H3,(H,25,26)/t16-,17-,21+,22+/m1/s1. The number of anilines is 1. The molecule has 6 nitrogen and oxygen atoms in total. The number of nitrogens with one attached hydrogen (secondary N) is 1. The highest BCUT2D eigenvalue weighted by atomic mass is 16.5. The molecule has 2 aromatic rings. The third-order valence-corrected chi connectivity index (χ3v) is 6.27.